The average Bonchev–Trinajstić information content (AvgIpc) is 3.35. The molecule has 0 amide bonds. The maximum absolute atomic E-state index is 13.2. The van der Waals surface area contributed by atoms with Crippen LogP contribution in [0.25, 0.3) is 44.7 Å². The van der Waals surface area contributed by atoms with Crippen LogP contribution in [0.1, 0.15) is 16.8 Å². The van der Waals surface area contributed by atoms with Crippen LogP contribution < -0.4 is 5.56 Å². The number of nitrogens with zero attached hydrogens (tertiary/aromatic N) is 1. The summed E-state index contributed by atoms with van der Waals surface area (Å²) in [6.07, 6.45) is 8.11. The Bertz CT molecular complexity index is 1650. The first-order valence-corrected chi connectivity index (χ1v) is 10.7. The average molecular weight is 415 g/mol. The molecule has 0 spiro atoms. The van der Waals surface area contributed by atoms with Crippen molar-refractivity contribution < 1.29 is 0 Å². The van der Waals surface area contributed by atoms with Gasteiger partial charge in [-0.05, 0) is 28.7 Å². The number of pyridine rings is 1. The summed E-state index contributed by atoms with van der Waals surface area (Å²) in [5.41, 5.74) is 5.19. The van der Waals surface area contributed by atoms with Crippen molar-refractivity contribution >= 4 is 44.7 Å². The quantitative estimate of drug-likeness (QED) is 0.355. The minimum Gasteiger partial charge on any atom is -0.361 e. The van der Waals surface area contributed by atoms with Gasteiger partial charge in [0, 0.05) is 28.9 Å². The molecule has 3 heterocycles. The monoisotopic (exact) mass is 415 g/mol. The van der Waals surface area contributed by atoms with E-state index in [2.05, 4.69) is 46.4 Å². The van der Waals surface area contributed by atoms with Gasteiger partial charge in [-0.1, -0.05) is 78.9 Å². The van der Waals surface area contributed by atoms with Crippen molar-refractivity contribution in [3.8, 4) is 0 Å². The molecule has 0 bridgehead atoms. The zero-order chi connectivity index (χ0) is 21.5. The Morgan fingerprint density at radius 3 is 2.44 bits per heavy atom. The predicted molar refractivity (Wildman–Crippen MR) is 133 cm³/mol. The molecule has 0 fully saturated rings. The SMILES string of the molecule is O=c1c2c(cn1Cc1ccccc1)[nH]c1c3cc(C=Cc4ccccc4)[nH]cc3ccc12. The molecule has 0 unspecified atom stereocenters. The van der Waals surface area contributed by atoms with E-state index in [4.69, 9.17) is 0 Å². The first-order chi connectivity index (χ1) is 15.8. The third kappa shape index (κ3) is 3.13. The fraction of sp³-hybridized carbons (Fsp3) is 0.0357. The van der Waals surface area contributed by atoms with Gasteiger partial charge in [-0.2, -0.15) is 0 Å². The number of benzene rings is 3. The van der Waals surface area contributed by atoms with Crippen LogP contribution in [-0.2, 0) is 6.54 Å². The van der Waals surface area contributed by atoms with E-state index in [-0.39, 0.29) is 5.56 Å². The fourth-order valence-electron chi connectivity index (χ4n) is 4.39. The smallest absolute Gasteiger partial charge is 0.261 e. The van der Waals surface area contributed by atoms with Crippen LogP contribution in [0.4, 0.5) is 0 Å². The maximum atomic E-state index is 13.2. The van der Waals surface area contributed by atoms with Crippen molar-refractivity contribution in [1.29, 1.82) is 0 Å². The highest BCUT2D eigenvalue weighted by atomic mass is 16.1. The summed E-state index contributed by atoms with van der Waals surface area (Å²) in [7, 11) is 0. The van der Waals surface area contributed by atoms with Crippen LogP contribution in [0.3, 0.4) is 0 Å². The largest absolute Gasteiger partial charge is 0.361 e. The van der Waals surface area contributed by atoms with Gasteiger partial charge in [-0.3, -0.25) is 4.79 Å². The number of fused-ring (bicyclic) bond motifs is 5. The molecule has 32 heavy (non-hydrogen) atoms. The molecule has 0 aliphatic rings. The number of rotatable bonds is 4. The number of hydrogen-bond acceptors (Lipinski definition) is 1. The lowest BCUT2D eigenvalue weighted by molar-refractivity contribution is 0.781. The van der Waals surface area contributed by atoms with Crippen LogP contribution in [0.15, 0.2) is 96.1 Å². The molecule has 0 aliphatic carbocycles. The zero-order valence-corrected chi connectivity index (χ0v) is 17.4. The van der Waals surface area contributed by atoms with E-state index < -0.39 is 0 Å². The summed E-state index contributed by atoms with van der Waals surface area (Å²) in [6.45, 7) is 0.570. The van der Waals surface area contributed by atoms with Crippen molar-refractivity contribution in [1.82, 2.24) is 14.5 Å². The number of nitrogens with one attached hydrogen (secondary N) is 2. The molecule has 0 radical (unpaired) electrons. The second kappa shape index (κ2) is 7.43. The minimum absolute atomic E-state index is 0.0427. The Kier molecular flexibility index (Phi) is 4.29. The van der Waals surface area contributed by atoms with E-state index in [0.29, 0.717) is 6.54 Å². The van der Waals surface area contributed by atoms with E-state index >= 15 is 0 Å². The van der Waals surface area contributed by atoms with Crippen molar-refractivity contribution in [2.45, 2.75) is 6.54 Å². The predicted octanol–water partition coefficient (Wildman–Crippen LogP) is 6.18. The third-order valence-electron chi connectivity index (χ3n) is 5.98. The van der Waals surface area contributed by atoms with Gasteiger partial charge < -0.3 is 14.5 Å². The topological polar surface area (TPSA) is 53.6 Å². The van der Waals surface area contributed by atoms with Gasteiger partial charge in [0.1, 0.15) is 0 Å². The van der Waals surface area contributed by atoms with Gasteiger partial charge >= 0.3 is 0 Å². The minimum atomic E-state index is 0.0427. The van der Waals surface area contributed by atoms with Gasteiger partial charge in [-0.15, -0.1) is 0 Å². The Balaban J connectivity index is 1.45. The second-order valence-corrected chi connectivity index (χ2v) is 8.08. The summed E-state index contributed by atoms with van der Waals surface area (Å²) >= 11 is 0. The summed E-state index contributed by atoms with van der Waals surface area (Å²) in [5, 5.41) is 3.92. The first-order valence-electron chi connectivity index (χ1n) is 10.7. The number of hydrogen-bond donors (Lipinski definition) is 2. The molecular weight excluding hydrogens is 394 g/mol. The Morgan fingerprint density at radius 2 is 1.62 bits per heavy atom. The molecule has 0 saturated carbocycles. The molecule has 0 atom stereocenters. The van der Waals surface area contributed by atoms with Gasteiger partial charge in [0.25, 0.3) is 5.56 Å². The maximum Gasteiger partial charge on any atom is 0.261 e. The third-order valence-corrected chi connectivity index (χ3v) is 5.98. The summed E-state index contributed by atoms with van der Waals surface area (Å²) in [4.78, 5) is 20.1. The second-order valence-electron chi connectivity index (χ2n) is 8.08. The van der Waals surface area contributed by atoms with E-state index in [1.54, 1.807) is 4.57 Å². The molecule has 3 aromatic heterocycles. The van der Waals surface area contributed by atoms with E-state index in [9.17, 15) is 4.79 Å². The molecule has 6 aromatic rings. The Hall–Kier alpha value is -4.31. The van der Waals surface area contributed by atoms with Gasteiger partial charge in [-0.25, -0.2) is 0 Å². The van der Waals surface area contributed by atoms with Gasteiger partial charge in [0.05, 0.1) is 23.0 Å². The Labute approximate surface area is 184 Å². The summed E-state index contributed by atoms with van der Waals surface area (Å²) < 4.78 is 1.78. The molecule has 4 nitrogen and oxygen atoms in total. The van der Waals surface area contributed by atoms with Gasteiger partial charge in [0.15, 0.2) is 0 Å². The molecule has 0 saturated heterocycles. The van der Waals surface area contributed by atoms with E-state index in [0.717, 1.165) is 49.4 Å². The molecule has 154 valence electrons. The lowest BCUT2D eigenvalue weighted by Gasteiger charge is -2.04. The van der Waals surface area contributed by atoms with Crippen molar-refractivity contribution in [3.63, 3.8) is 0 Å². The van der Waals surface area contributed by atoms with Gasteiger partial charge in [0.2, 0.25) is 0 Å². The molecular formula is C28H21N3O. The summed E-state index contributed by atoms with van der Waals surface area (Å²) in [5.74, 6) is 0. The summed E-state index contributed by atoms with van der Waals surface area (Å²) in [6, 6.07) is 26.5. The lowest BCUT2D eigenvalue weighted by atomic mass is 10.1. The highest BCUT2D eigenvalue weighted by molar-refractivity contribution is 6.17. The normalized spacial score (nSPS) is 11.9. The fourth-order valence-corrected chi connectivity index (χ4v) is 4.39. The number of H-pyrrole nitrogens is 2. The van der Waals surface area contributed by atoms with Crippen molar-refractivity contribution in [2.75, 3.05) is 0 Å². The molecule has 6 rings (SSSR count). The van der Waals surface area contributed by atoms with Crippen molar-refractivity contribution in [3.05, 3.63) is 118 Å². The molecule has 4 heteroatoms. The van der Waals surface area contributed by atoms with Crippen LogP contribution in [0, 0.1) is 0 Å². The van der Waals surface area contributed by atoms with Crippen molar-refractivity contribution in [2.24, 2.45) is 0 Å². The van der Waals surface area contributed by atoms with E-state index in [1.165, 1.54) is 0 Å². The van der Waals surface area contributed by atoms with Crippen LogP contribution >= 0.6 is 0 Å². The molecule has 3 aromatic carbocycles. The van der Waals surface area contributed by atoms with E-state index in [1.807, 2.05) is 67.0 Å². The Morgan fingerprint density at radius 1 is 0.844 bits per heavy atom. The van der Waals surface area contributed by atoms with Crippen LogP contribution in [0.5, 0.6) is 0 Å². The number of aromatic amines is 2. The zero-order valence-electron chi connectivity index (χ0n) is 17.4. The lowest BCUT2D eigenvalue weighted by Crippen LogP contribution is -2.14. The van der Waals surface area contributed by atoms with Crippen LogP contribution in [-0.4, -0.2) is 14.5 Å². The molecule has 0 aliphatic heterocycles. The first kappa shape index (κ1) is 18.5. The standard InChI is InChI=1S/C28H21N3O/c32-28-26-23-14-12-21-16-29-22(13-11-19-7-3-1-4-8-19)15-24(21)27(23)30-25(26)18-31(28)17-20-9-5-2-6-10-20/h1-16,18,29-30H,17H2. The highest BCUT2D eigenvalue weighted by Gasteiger charge is 2.15. The number of aromatic nitrogens is 3. The van der Waals surface area contributed by atoms with Crippen LogP contribution in [0.2, 0.25) is 0 Å². The highest BCUT2D eigenvalue weighted by Crippen LogP contribution is 2.30. The molecule has 2 N–H and O–H groups in total.